The molecule has 1 saturated carbocycles. The third-order valence-electron chi connectivity index (χ3n) is 3.93. The molecule has 0 bridgehead atoms. The van der Waals surface area contributed by atoms with Crippen LogP contribution in [0.4, 0.5) is 4.79 Å². The maximum absolute atomic E-state index is 12.0. The molecule has 20 heavy (non-hydrogen) atoms. The molecule has 1 aliphatic carbocycles. The molecule has 0 spiro atoms. The van der Waals surface area contributed by atoms with E-state index in [0.717, 1.165) is 19.3 Å². The molecule has 0 aromatic heterocycles. The van der Waals surface area contributed by atoms with Gasteiger partial charge in [-0.05, 0) is 31.1 Å². The summed E-state index contributed by atoms with van der Waals surface area (Å²) in [6.07, 6.45) is 5.14. The number of carbonyl (C=O) groups is 2. The zero-order valence-corrected chi connectivity index (χ0v) is 13.1. The van der Waals surface area contributed by atoms with E-state index >= 15 is 0 Å². The fourth-order valence-electron chi connectivity index (χ4n) is 2.73. The topological polar surface area (TPSA) is 67.4 Å². The second kappa shape index (κ2) is 8.12. The molecule has 3 atom stereocenters. The summed E-state index contributed by atoms with van der Waals surface area (Å²) in [5.41, 5.74) is 0. The van der Waals surface area contributed by atoms with Crippen molar-refractivity contribution in [2.24, 2.45) is 11.8 Å². The highest BCUT2D eigenvalue weighted by molar-refractivity contribution is 5.83. The maximum Gasteiger partial charge on any atom is 0.328 e. The first-order valence-corrected chi connectivity index (χ1v) is 7.59. The standard InChI is InChI=1S/C15H28N2O3/c1-10(2)9-13(14(18)20-4)17-15(19)16-12-8-6-5-7-11(12)3/h10-13H,5-9H2,1-4H3,(H2,16,17,19)/t11-,12-,13+/m0/s1. The number of carbonyl (C=O) groups excluding carboxylic acids is 2. The second-order valence-corrected chi connectivity index (χ2v) is 6.19. The Labute approximate surface area is 121 Å². The number of rotatable bonds is 5. The number of hydrogen-bond donors (Lipinski definition) is 2. The van der Waals surface area contributed by atoms with Crippen LogP contribution in [0.15, 0.2) is 0 Å². The Balaban J connectivity index is 2.50. The monoisotopic (exact) mass is 284 g/mol. The van der Waals surface area contributed by atoms with Crippen molar-refractivity contribution in [1.82, 2.24) is 10.6 Å². The van der Waals surface area contributed by atoms with E-state index in [4.69, 9.17) is 4.74 Å². The van der Waals surface area contributed by atoms with E-state index in [-0.39, 0.29) is 18.0 Å². The van der Waals surface area contributed by atoms with Crippen molar-refractivity contribution in [2.45, 2.75) is 65.0 Å². The van der Waals surface area contributed by atoms with Crippen LogP contribution in [-0.4, -0.2) is 31.2 Å². The maximum atomic E-state index is 12.0. The quantitative estimate of drug-likeness (QED) is 0.762. The van der Waals surface area contributed by atoms with Gasteiger partial charge in [0.05, 0.1) is 7.11 Å². The first kappa shape index (κ1) is 16.8. The van der Waals surface area contributed by atoms with Crippen LogP contribution in [-0.2, 0) is 9.53 Å². The van der Waals surface area contributed by atoms with E-state index in [2.05, 4.69) is 17.6 Å². The van der Waals surface area contributed by atoms with Gasteiger partial charge in [0.25, 0.3) is 0 Å². The lowest BCUT2D eigenvalue weighted by Crippen LogP contribution is -2.51. The zero-order chi connectivity index (χ0) is 15.1. The highest BCUT2D eigenvalue weighted by atomic mass is 16.5. The summed E-state index contributed by atoms with van der Waals surface area (Å²) in [5.74, 6) is 0.426. The lowest BCUT2D eigenvalue weighted by atomic mass is 9.86. The molecule has 116 valence electrons. The van der Waals surface area contributed by atoms with Gasteiger partial charge in [-0.15, -0.1) is 0 Å². The van der Waals surface area contributed by atoms with Crippen molar-refractivity contribution < 1.29 is 14.3 Å². The van der Waals surface area contributed by atoms with Gasteiger partial charge in [-0.25, -0.2) is 9.59 Å². The van der Waals surface area contributed by atoms with Crippen LogP contribution >= 0.6 is 0 Å². The van der Waals surface area contributed by atoms with Gasteiger partial charge >= 0.3 is 12.0 Å². The van der Waals surface area contributed by atoms with Gasteiger partial charge in [0.1, 0.15) is 6.04 Å². The molecule has 0 saturated heterocycles. The number of esters is 1. The summed E-state index contributed by atoms with van der Waals surface area (Å²) in [5, 5.41) is 5.74. The van der Waals surface area contributed by atoms with Crippen LogP contribution in [0.25, 0.3) is 0 Å². The largest absolute Gasteiger partial charge is 0.467 e. The molecule has 1 aliphatic rings. The Hall–Kier alpha value is -1.26. The fraction of sp³-hybridized carbons (Fsp3) is 0.867. The predicted molar refractivity (Wildman–Crippen MR) is 78.3 cm³/mol. The Morgan fingerprint density at radius 3 is 2.45 bits per heavy atom. The highest BCUT2D eigenvalue weighted by Gasteiger charge is 2.26. The molecule has 0 unspecified atom stereocenters. The summed E-state index contributed by atoms with van der Waals surface area (Å²) < 4.78 is 4.74. The van der Waals surface area contributed by atoms with Gasteiger partial charge in [0.2, 0.25) is 0 Å². The molecule has 0 aromatic rings. The molecule has 0 radical (unpaired) electrons. The number of methoxy groups -OCH3 is 1. The molecule has 0 aromatic carbocycles. The van der Waals surface area contributed by atoms with E-state index < -0.39 is 6.04 Å². The van der Waals surface area contributed by atoms with Crippen molar-refractivity contribution >= 4 is 12.0 Å². The zero-order valence-electron chi connectivity index (χ0n) is 13.1. The van der Waals surface area contributed by atoms with Crippen LogP contribution in [0.2, 0.25) is 0 Å². The SMILES string of the molecule is COC(=O)[C@@H](CC(C)C)NC(=O)N[C@H]1CCCC[C@@H]1C. The number of nitrogens with one attached hydrogen (secondary N) is 2. The average molecular weight is 284 g/mol. The van der Waals surface area contributed by atoms with Crippen molar-refractivity contribution in [1.29, 1.82) is 0 Å². The average Bonchev–Trinajstić information content (AvgIpc) is 2.39. The van der Waals surface area contributed by atoms with Crippen LogP contribution in [0, 0.1) is 11.8 Å². The number of urea groups is 1. The molecule has 1 fully saturated rings. The van der Waals surface area contributed by atoms with Crippen LogP contribution in [0.1, 0.15) is 52.9 Å². The third-order valence-corrected chi connectivity index (χ3v) is 3.93. The predicted octanol–water partition coefficient (Wildman–Crippen LogP) is 2.45. The summed E-state index contributed by atoms with van der Waals surface area (Å²) in [6.45, 7) is 6.19. The summed E-state index contributed by atoms with van der Waals surface area (Å²) >= 11 is 0. The van der Waals surface area contributed by atoms with Gasteiger partial charge in [-0.2, -0.15) is 0 Å². The first-order valence-electron chi connectivity index (χ1n) is 7.59. The Morgan fingerprint density at radius 1 is 1.25 bits per heavy atom. The molecule has 2 amide bonds. The van der Waals surface area contributed by atoms with E-state index in [1.807, 2.05) is 13.8 Å². The molecular formula is C15H28N2O3. The Bertz CT molecular complexity index is 331. The molecular weight excluding hydrogens is 256 g/mol. The molecule has 0 aliphatic heterocycles. The van der Waals surface area contributed by atoms with E-state index in [0.29, 0.717) is 18.3 Å². The number of ether oxygens (including phenoxy) is 1. The normalized spacial score (nSPS) is 24.1. The molecule has 2 N–H and O–H groups in total. The summed E-state index contributed by atoms with van der Waals surface area (Å²) in [4.78, 5) is 23.7. The molecule has 5 heteroatoms. The number of amides is 2. The first-order chi connectivity index (χ1) is 9.43. The van der Waals surface area contributed by atoms with Crippen molar-refractivity contribution in [2.75, 3.05) is 7.11 Å². The molecule has 5 nitrogen and oxygen atoms in total. The van der Waals surface area contributed by atoms with Gasteiger partial charge in [-0.3, -0.25) is 0 Å². The van der Waals surface area contributed by atoms with Gasteiger partial charge in [0, 0.05) is 6.04 Å². The highest BCUT2D eigenvalue weighted by Crippen LogP contribution is 2.23. The smallest absolute Gasteiger partial charge is 0.328 e. The Kier molecular flexibility index (Phi) is 6.82. The van der Waals surface area contributed by atoms with Gasteiger partial charge in [0.15, 0.2) is 0 Å². The summed E-state index contributed by atoms with van der Waals surface area (Å²) in [6, 6.07) is -0.625. The van der Waals surface area contributed by atoms with Crippen molar-refractivity contribution in [3.05, 3.63) is 0 Å². The van der Waals surface area contributed by atoms with Crippen molar-refractivity contribution in [3.8, 4) is 0 Å². The minimum absolute atomic E-state index is 0.209. The number of hydrogen-bond acceptors (Lipinski definition) is 3. The van der Waals surface area contributed by atoms with Crippen molar-refractivity contribution in [3.63, 3.8) is 0 Å². The van der Waals surface area contributed by atoms with Gasteiger partial charge < -0.3 is 15.4 Å². The van der Waals surface area contributed by atoms with Crippen LogP contribution in [0.5, 0.6) is 0 Å². The minimum atomic E-state index is -0.570. The second-order valence-electron chi connectivity index (χ2n) is 6.19. The van der Waals surface area contributed by atoms with E-state index in [1.54, 1.807) is 0 Å². The Morgan fingerprint density at radius 2 is 1.90 bits per heavy atom. The summed E-state index contributed by atoms with van der Waals surface area (Å²) in [7, 11) is 1.35. The minimum Gasteiger partial charge on any atom is -0.467 e. The molecule has 0 heterocycles. The van der Waals surface area contributed by atoms with E-state index in [1.165, 1.54) is 13.5 Å². The lowest BCUT2D eigenvalue weighted by molar-refractivity contribution is -0.143. The molecule has 1 rings (SSSR count). The van der Waals surface area contributed by atoms with Crippen LogP contribution < -0.4 is 10.6 Å². The third kappa shape index (κ3) is 5.39. The van der Waals surface area contributed by atoms with Crippen LogP contribution in [0.3, 0.4) is 0 Å². The van der Waals surface area contributed by atoms with E-state index in [9.17, 15) is 9.59 Å². The van der Waals surface area contributed by atoms with Gasteiger partial charge in [-0.1, -0.05) is 33.6 Å². The lowest BCUT2D eigenvalue weighted by Gasteiger charge is -2.30. The fourth-order valence-corrected chi connectivity index (χ4v) is 2.73.